The van der Waals surface area contributed by atoms with Crippen molar-refractivity contribution < 1.29 is 9.53 Å². The van der Waals surface area contributed by atoms with E-state index in [1.165, 1.54) is 0 Å². The minimum Gasteiger partial charge on any atom is -0.444 e. The average Bonchev–Trinajstić information content (AvgIpc) is 2.43. The largest absolute Gasteiger partial charge is 0.444 e. The lowest BCUT2D eigenvalue weighted by molar-refractivity contribution is 0.0526. The van der Waals surface area contributed by atoms with E-state index in [0.29, 0.717) is 23.4 Å². The topological polar surface area (TPSA) is 97.9 Å². The van der Waals surface area contributed by atoms with Crippen LogP contribution in [0.5, 0.6) is 0 Å². The molecule has 0 aromatic heterocycles. The van der Waals surface area contributed by atoms with Crippen LogP contribution in [0.15, 0.2) is 18.2 Å². The van der Waals surface area contributed by atoms with Crippen molar-refractivity contribution >= 4 is 11.8 Å². The Bertz CT molecular complexity index is 621. The highest BCUT2D eigenvalue weighted by Gasteiger charge is 2.16. The zero-order chi connectivity index (χ0) is 16.8. The molecule has 6 nitrogen and oxygen atoms in total. The van der Waals surface area contributed by atoms with Gasteiger partial charge in [0.1, 0.15) is 17.7 Å². The number of rotatable bonds is 4. The molecule has 0 aliphatic heterocycles. The summed E-state index contributed by atoms with van der Waals surface area (Å²) in [5, 5.41) is 23.7. The van der Waals surface area contributed by atoms with Gasteiger partial charge >= 0.3 is 6.09 Å². The van der Waals surface area contributed by atoms with Gasteiger partial charge in [-0.05, 0) is 45.9 Å². The highest BCUT2D eigenvalue weighted by molar-refractivity contribution is 5.67. The average molecular weight is 300 g/mol. The third-order valence-corrected chi connectivity index (χ3v) is 2.63. The first-order valence-electron chi connectivity index (χ1n) is 6.93. The molecular weight excluding hydrogens is 280 g/mol. The number of benzene rings is 1. The summed E-state index contributed by atoms with van der Waals surface area (Å²) in [6, 6.07) is 8.82. The van der Waals surface area contributed by atoms with E-state index >= 15 is 0 Å². The minimum atomic E-state index is -0.532. The predicted molar refractivity (Wildman–Crippen MR) is 83.2 cm³/mol. The molecular formula is C16H20N4O2. The zero-order valence-corrected chi connectivity index (χ0v) is 13.2. The number of anilines is 1. The summed E-state index contributed by atoms with van der Waals surface area (Å²) in [4.78, 5) is 11.6. The van der Waals surface area contributed by atoms with Gasteiger partial charge in [0.25, 0.3) is 0 Å². The highest BCUT2D eigenvalue weighted by Crippen LogP contribution is 2.15. The molecule has 0 radical (unpaired) electrons. The van der Waals surface area contributed by atoms with Crippen molar-refractivity contribution in [3.05, 3.63) is 29.3 Å². The second-order valence-electron chi connectivity index (χ2n) is 5.91. The number of nitriles is 2. The summed E-state index contributed by atoms with van der Waals surface area (Å²) in [6.07, 6.45) is -0.473. The molecule has 0 spiro atoms. The van der Waals surface area contributed by atoms with Crippen LogP contribution in [0, 0.1) is 22.7 Å². The Morgan fingerprint density at radius 1 is 1.27 bits per heavy atom. The van der Waals surface area contributed by atoms with E-state index in [1.54, 1.807) is 39.0 Å². The Morgan fingerprint density at radius 2 is 1.91 bits per heavy atom. The summed E-state index contributed by atoms with van der Waals surface area (Å²) in [6.45, 7) is 7.66. The molecule has 116 valence electrons. The summed E-state index contributed by atoms with van der Waals surface area (Å²) < 4.78 is 5.15. The van der Waals surface area contributed by atoms with Gasteiger partial charge in [-0.2, -0.15) is 10.5 Å². The van der Waals surface area contributed by atoms with Gasteiger partial charge in [0.2, 0.25) is 0 Å². The number of hydrogen-bond acceptors (Lipinski definition) is 5. The van der Waals surface area contributed by atoms with E-state index in [9.17, 15) is 4.79 Å². The summed E-state index contributed by atoms with van der Waals surface area (Å²) in [7, 11) is 0. The molecule has 0 heterocycles. The van der Waals surface area contributed by atoms with Crippen LogP contribution in [0.1, 0.15) is 38.8 Å². The third-order valence-electron chi connectivity index (χ3n) is 2.63. The molecule has 1 amide bonds. The van der Waals surface area contributed by atoms with Crippen LogP contribution in [-0.4, -0.2) is 24.3 Å². The number of carbonyl (C=O) groups excluding carboxylic acids is 1. The second-order valence-corrected chi connectivity index (χ2v) is 5.91. The molecule has 1 atom stereocenters. The molecule has 1 aromatic rings. The Morgan fingerprint density at radius 3 is 2.45 bits per heavy atom. The Balaban J connectivity index is 2.56. The van der Waals surface area contributed by atoms with E-state index in [4.69, 9.17) is 15.3 Å². The van der Waals surface area contributed by atoms with Crippen molar-refractivity contribution in [1.82, 2.24) is 5.32 Å². The second kappa shape index (κ2) is 7.33. The number of ether oxygens (including phenoxy) is 1. The molecule has 0 fully saturated rings. The molecule has 0 aliphatic rings. The van der Waals surface area contributed by atoms with Crippen molar-refractivity contribution in [2.45, 2.75) is 39.3 Å². The van der Waals surface area contributed by atoms with E-state index in [2.05, 4.69) is 10.6 Å². The molecule has 0 aliphatic carbocycles. The molecule has 1 unspecified atom stereocenters. The van der Waals surface area contributed by atoms with Gasteiger partial charge in [-0.3, -0.25) is 0 Å². The quantitative estimate of drug-likeness (QED) is 0.891. The lowest BCUT2D eigenvalue weighted by Gasteiger charge is -2.21. The first-order chi connectivity index (χ1) is 10.2. The van der Waals surface area contributed by atoms with E-state index in [1.807, 2.05) is 19.1 Å². The lowest BCUT2D eigenvalue weighted by Crippen LogP contribution is -2.38. The van der Waals surface area contributed by atoms with Crippen molar-refractivity contribution in [3.63, 3.8) is 0 Å². The van der Waals surface area contributed by atoms with Crippen molar-refractivity contribution in [2.24, 2.45) is 0 Å². The van der Waals surface area contributed by atoms with Gasteiger partial charge in [-0.25, -0.2) is 4.79 Å². The molecule has 2 N–H and O–H groups in total. The highest BCUT2D eigenvalue weighted by atomic mass is 16.6. The van der Waals surface area contributed by atoms with Gasteiger partial charge in [-0.1, -0.05) is 0 Å². The number of alkyl carbamates (subject to hydrolysis) is 1. The first-order valence-corrected chi connectivity index (χ1v) is 6.93. The first kappa shape index (κ1) is 17.3. The zero-order valence-electron chi connectivity index (χ0n) is 13.2. The molecule has 1 rings (SSSR count). The smallest absolute Gasteiger partial charge is 0.407 e. The minimum absolute atomic E-state index is 0.0630. The van der Waals surface area contributed by atoms with E-state index in [-0.39, 0.29) is 6.04 Å². The molecule has 6 heteroatoms. The van der Waals surface area contributed by atoms with Crippen molar-refractivity contribution in [1.29, 1.82) is 10.5 Å². The molecule has 0 saturated heterocycles. The van der Waals surface area contributed by atoms with Crippen LogP contribution in [0.2, 0.25) is 0 Å². The van der Waals surface area contributed by atoms with Crippen LogP contribution in [0.25, 0.3) is 0 Å². The fourth-order valence-electron chi connectivity index (χ4n) is 1.71. The van der Waals surface area contributed by atoms with E-state index in [0.717, 1.165) is 0 Å². The molecule has 22 heavy (non-hydrogen) atoms. The molecule has 1 aromatic carbocycles. The Labute approximate surface area is 130 Å². The maximum atomic E-state index is 11.6. The SMILES string of the molecule is CC(CNC(=O)OC(C)(C)C)Nc1ccc(C#N)c(C#N)c1. The third kappa shape index (κ3) is 5.72. The normalized spacial score (nSPS) is 11.7. The van der Waals surface area contributed by atoms with Gasteiger partial charge < -0.3 is 15.4 Å². The van der Waals surface area contributed by atoms with Crippen molar-refractivity contribution in [3.8, 4) is 12.1 Å². The van der Waals surface area contributed by atoms with Crippen molar-refractivity contribution in [2.75, 3.05) is 11.9 Å². The fraction of sp³-hybridized carbons (Fsp3) is 0.438. The molecule has 0 saturated carbocycles. The monoisotopic (exact) mass is 300 g/mol. The Hall–Kier alpha value is -2.73. The molecule has 0 bridgehead atoms. The van der Waals surface area contributed by atoms with Gasteiger partial charge in [0, 0.05) is 18.3 Å². The number of carbonyl (C=O) groups is 1. The predicted octanol–water partition coefficient (Wildman–Crippen LogP) is 2.76. The number of amides is 1. The van der Waals surface area contributed by atoms with E-state index < -0.39 is 11.7 Å². The van der Waals surface area contributed by atoms with Gasteiger partial charge in [-0.15, -0.1) is 0 Å². The lowest BCUT2D eigenvalue weighted by atomic mass is 10.1. The van der Waals surface area contributed by atoms with Crippen LogP contribution in [0.4, 0.5) is 10.5 Å². The van der Waals surface area contributed by atoms with Crippen LogP contribution in [-0.2, 0) is 4.74 Å². The summed E-state index contributed by atoms with van der Waals surface area (Å²) in [5.41, 5.74) is 0.844. The standard InChI is InChI=1S/C16H20N4O2/c1-11(10-19-15(21)22-16(2,3)4)20-14-6-5-12(8-17)13(7-14)9-18/h5-7,11,20H,10H2,1-4H3,(H,19,21). The summed E-state index contributed by atoms with van der Waals surface area (Å²) in [5.74, 6) is 0. The van der Waals surface area contributed by atoms with Crippen LogP contribution >= 0.6 is 0 Å². The maximum absolute atomic E-state index is 11.6. The number of hydrogen-bond donors (Lipinski definition) is 2. The number of nitrogens with zero attached hydrogens (tertiary/aromatic N) is 2. The van der Waals surface area contributed by atoms with Crippen LogP contribution in [0.3, 0.4) is 0 Å². The summed E-state index contributed by atoms with van der Waals surface area (Å²) >= 11 is 0. The fourth-order valence-corrected chi connectivity index (χ4v) is 1.71. The van der Waals surface area contributed by atoms with Gasteiger partial charge in [0.05, 0.1) is 11.1 Å². The number of nitrogens with one attached hydrogen (secondary N) is 2. The van der Waals surface area contributed by atoms with Gasteiger partial charge in [0.15, 0.2) is 0 Å². The van der Waals surface area contributed by atoms with Crippen LogP contribution < -0.4 is 10.6 Å². The maximum Gasteiger partial charge on any atom is 0.407 e. The Kier molecular flexibility index (Phi) is 5.77.